The molecule has 0 atom stereocenters. The predicted molar refractivity (Wildman–Crippen MR) is 103 cm³/mol. The molecule has 142 valence electrons. The Morgan fingerprint density at radius 1 is 1.39 bits per heavy atom. The summed E-state index contributed by atoms with van der Waals surface area (Å²) in [6, 6.07) is 7.89. The SMILES string of the molecule is N#Cc1c(NC(=O)COC(=O)C=Cc2cccc([N+](=O)[O-])c2)sc2c1CCC2. The maximum Gasteiger partial charge on any atom is 0.331 e. The number of hydrogen-bond acceptors (Lipinski definition) is 7. The Labute approximate surface area is 164 Å². The van der Waals surface area contributed by atoms with Gasteiger partial charge in [-0.15, -0.1) is 11.3 Å². The number of esters is 1. The highest BCUT2D eigenvalue weighted by molar-refractivity contribution is 7.16. The van der Waals surface area contributed by atoms with Crippen molar-refractivity contribution in [3.8, 4) is 6.07 Å². The third kappa shape index (κ3) is 4.42. The van der Waals surface area contributed by atoms with E-state index in [1.807, 2.05) is 0 Å². The van der Waals surface area contributed by atoms with Gasteiger partial charge in [-0.05, 0) is 36.5 Å². The van der Waals surface area contributed by atoms with Gasteiger partial charge in [0.1, 0.15) is 11.1 Å². The number of nitrogens with zero attached hydrogens (tertiary/aromatic N) is 2. The first-order valence-corrected chi connectivity index (χ1v) is 9.23. The fourth-order valence-corrected chi connectivity index (χ4v) is 4.12. The molecule has 3 rings (SSSR count). The first-order valence-electron chi connectivity index (χ1n) is 8.41. The minimum atomic E-state index is -0.754. The molecule has 0 bridgehead atoms. The van der Waals surface area contributed by atoms with Crippen molar-refractivity contribution in [3.05, 3.63) is 62.0 Å². The van der Waals surface area contributed by atoms with E-state index in [0.717, 1.165) is 35.8 Å². The molecule has 0 fully saturated rings. The molecular formula is C19H15N3O5S. The van der Waals surface area contributed by atoms with Crippen molar-refractivity contribution < 1.29 is 19.2 Å². The Morgan fingerprint density at radius 3 is 2.96 bits per heavy atom. The molecular weight excluding hydrogens is 382 g/mol. The van der Waals surface area contributed by atoms with Crippen LogP contribution >= 0.6 is 11.3 Å². The molecule has 1 amide bonds. The van der Waals surface area contributed by atoms with Crippen LogP contribution in [-0.4, -0.2) is 23.4 Å². The van der Waals surface area contributed by atoms with Gasteiger partial charge in [-0.3, -0.25) is 14.9 Å². The largest absolute Gasteiger partial charge is 0.452 e. The zero-order valence-corrected chi connectivity index (χ0v) is 15.5. The van der Waals surface area contributed by atoms with Crippen molar-refractivity contribution in [2.45, 2.75) is 19.3 Å². The third-order valence-corrected chi connectivity index (χ3v) is 5.33. The van der Waals surface area contributed by atoms with Crippen molar-refractivity contribution in [3.63, 3.8) is 0 Å². The number of aryl methyl sites for hydroxylation is 1. The van der Waals surface area contributed by atoms with Crippen LogP contribution in [0.1, 0.15) is 28.0 Å². The number of amides is 1. The minimum Gasteiger partial charge on any atom is -0.452 e. The van der Waals surface area contributed by atoms with Crippen LogP contribution in [0, 0.1) is 21.4 Å². The van der Waals surface area contributed by atoms with E-state index in [9.17, 15) is 25.0 Å². The van der Waals surface area contributed by atoms with Gasteiger partial charge in [0, 0.05) is 23.1 Å². The smallest absolute Gasteiger partial charge is 0.331 e. The summed E-state index contributed by atoms with van der Waals surface area (Å²) in [7, 11) is 0. The van der Waals surface area contributed by atoms with Crippen molar-refractivity contribution in [1.29, 1.82) is 5.26 Å². The van der Waals surface area contributed by atoms with Gasteiger partial charge in [0.25, 0.3) is 11.6 Å². The Kier molecular flexibility index (Phi) is 5.81. The van der Waals surface area contributed by atoms with Crippen LogP contribution in [0.3, 0.4) is 0 Å². The second-order valence-electron chi connectivity index (χ2n) is 6.01. The Balaban J connectivity index is 1.54. The number of benzene rings is 1. The topological polar surface area (TPSA) is 122 Å². The number of ether oxygens (including phenoxy) is 1. The number of nitro groups is 1. The lowest BCUT2D eigenvalue weighted by Gasteiger charge is -2.04. The number of hydrogen-bond donors (Lipinski definition) is 1. The lowest BCUT2D eigenvalue weighted by molar-refractivity contribution is -0.384. The summed E-state index contributed by atoms with van der Waals surface area (Å²) in [6.45, 7) is -0.494. The quantitative estimate of drug-likeness (QED) is 0.346. The number of fused-ring (bicyclic) bond motifs is 1. The fraction of sp³-hybridized carbons (Fsp3) is 0.211. The maximum atomic E-state index is 12.0. The Morgan fingerprint density at radius 2 is 2.21 bits per heavy atom. The summed E-state index contributed by atoms with van der Waals surface area (Å²) in [5.41, 5.74) is 1.86. The molecule has 0 radical (unpaired) electrons. The molecule has 1 N–H and O–H groups in total. The molecule has 0 saturated carbocycles. The van der Waals surface area contributed by atoms with Crippen molar-refractivity contribution in [1.82, 2.24) is 0 Å². The van der Waals surface area contributed by atoms with Crippen LogP contribution in [0.5, 0.6) is 0 Å². The summed E-state index contributed by atoms with van der Waals surface area (Å²) in [4.78, 5) is 35.1. The maximum absolute atomic E-state index is 12.0. The molecule has 8 nitrogen and oxygen atoms in total. The number of carbonyl (C=O) groups is 2. The van der Waals surface area contributed by atoms with Crippen LogP contribution in [0.4, 0.5) is 10.7 Å². The van der Waals surface area contributed by atoms with Crippen molar-refractivity contribution in [2.75, 3.05) is 11.9 Å². The summed E-state index contributed by atoms with van der Waals surface area (Å²) in [6.07, 6.45) is 5.21. The zero-order valence-electron chi connectivity index (χ0n) is 14.6. The van der Waals surface area contributed by atoms with Crippen molar-refractivity contribution in [2.24, 2.45) is 0 Å². The molecule has 0 unspecified atom stereocenters. The number of anilines is 1. The first-order chi connectivity index (χ1) is 13.5. The summed E-state index contributed by atoms with van der Waals surface area (Å²) < 4.78 is 4.88. The van der Waals surface area contributed by atoms with Gasteiger partial charge in [0.05, 0.1) is 10.5 Å². The van der Waals surface area contributed by atoms with E-state index in [1.54, 1.807) is 6.07 Å². The van der Waals surface area contributed by atoms with Crippen LogP contribution in [0.2, 0.25) is 0 Å². The Hall–Kier alpha value is -3.51. The Bertz CT molecular complexity index is 1020. The molecule has 0 saturated heterocycles. The molecule has 2 aromatic rings. The normalized spacial score (nSPS) is 12.4. The number of rotatable bonds is 6. The molecule has 0 spiro atoms. The van der Waals surface area contributed by atoms with Crippen LogP contribution in [0.15, 0.2) is 30.3 Å². The number of non-ortho nitro benzene ring substituents is 1. The van der Waals surface area contributed by atoms with E-state index in [4.69, 9.17) is 4.74 Å². The number of carbonyl (C=O) groups excluding carboxylic acids is 2. The van der Waals surface area contributed by atoms with E-state index < -0.39 is 23.4 Å². The van der Waals surface area contributed by atoms with Gasteiger partial charge < -0.3 is 10.1 Å². The highest BCUT2D eigenvalue weighted by Crippen LogP contribution is 2.38. The molecule has 1 aliphatic rings. The van der Waals surface area contributed by atoms with E-state index >= 15 is 0 Å². The minimum absolute atomic E-state index is 0.0916. The van der Waals surface area contributed by atoms with Gasteiger partial charge in [-0.25, -0.2) is 4.79 Å². The monoisotopic (exact) mass is 397 g/mol. The standard InChI is InChI=1S/C19H15N3O5S/c20-10-15-14-5-2-6-16(14)28-19(15)21-17(23)11-27-18(24)8-7-12-3-1-4-13(9-12)22(25)26/h1,3-4,7-9H,2,5-6,11H2,(H,21,23). The van der Waals surface area contributed by atoms with E-state index in [0.29, 0.717) is 16.1 Å². The van der Waals surface area contributed by atoms with E-state index in [1.165, 1.54) is 35.6 Å². The summed E-state index contributed by atoms with van der Waals surface area (Å²) in [5, 5.41) is 23.1. The summed E-state index contributed by atoms with van der Waals surface area (Å²) >= 11 is 1.38. The van der Waals surface area contributed by atoms with Crippen LogP contribution in [0.25, 0.3) is 6.08 Å². The third-order valence-electron chi connectivity index (χ3n) is 4.12. The molecule has 1 heterocycles. The van der Waals surface area contributed by atoms with Gasteiger partial charge >= 0.3 is 5.97 Å². The number of nitro benzene ring substituents is 1. The number of thiophene rings is 1. The van der Waals surface area contributed by atoms with Crippen LogP contribution in [-0.2, 0) is 27.2 Å². The van der Waals surface area contributed by atoms with E-state index in [-0.39, 0.29) is 5.69 Å². The number of nitriles is 1. The molecule has 28 heavy (non-hydrogen) atoms. The molecule has 9 heteroatoms. The van der Waals surface area contributed by atoms with Gasteiger partial charge in [-0.2, -0.15) is 5.26 Å². The van der Waals surface area contributed by atoms with E-state index in [2.05, 4.69) is 11.4 Å². The highest BCUT2D eigenvalue weighted by Gasteiger charge is 2.23. The average molecular weight is 397 g/mol. The zero-order chi connectivity index (χ0) is 20.1. The van der Waals surface area contributed by atoms with Gasteiger partial charge in [-0.1, -0.05) is 12.1 Å². The summed E-state index contributed by atoms with van der Waals surface area (Å²) in [5.74, 6) is -1.29. The number of nitrogens with one attached hydrogen (secondary N) is 1. The van der Waals surface area contributed by atoms with Gasteiger partial charge in [0.15, 0.2) is 6.61 Å². The average Bonchev–Trinajstić information content (AvgIpc) is 3.25. The second-order valence-corrected chi connectivity index (χ2v) is 7.12. The molecule has 0 aliphatic heterocycles. The second kappa shape index (κ2) is 8.45. The lowest BCUT2D eigenvalue weighted by atomic mass is 10.1. The molecule has 1 aromatic carbocycles. The predicted octanol–water partition coefficient (Wildman–Crippen LogP) is 3.21. The van der Waals surface area contributed by atoms with Crippen molar-refractivity contribution >= 4 is 40.0 Å². The molecule has 1 aromatic heterocycles. The highest BCUT2D eigenvalue weighted by atomic mass is 32.1. The van der Waals surface area contributed by atoms with Crippen LogP contribution < -0.4 is 5.32 Å². The van der Waals surface area contributed by atoms with Gasteiger partial charge in [0.2, 0.25) is 0 Å². The fourth-order valence-electron chi connectivity index (χ4n) is 2.86. The molecule has 1 aliphatic carbocycles. The first kappa shape index (κ1) is 19.3. The lowest BCUT2D eigenvalue weighted by Crippen LogP contribution is -2.20.